The van der Waals surface area contributed by atoms with Crippen LogP contribution in [0.2, 0.25) is 20.1 Å². The van der Waals surface area contributed by atoms with E-state index in [4.69, 9.17) is 52.1 Å². The lowest BCUT2D eigenvalue weighted by Gasteiger charge is -2.34. The molecule has 0 heterocycles. The van der Waals surface area contributed by atoms with Crippen LogP contribution in [0.4, 0.5) is 0 Å². The lowest BCUT2D eigenvalue weighted by atomic mass is 9.76. The van der Waals surface area contributed by atoms with Crippen molar-refractivity contribution in [3.05, 3.63) is 174 Å². The van der Waals surface area contributed by atoms with E-state index in [0.29, 0.717) is 38.0 Å². The minimum absolute atomic E-state index is 0. The number of nitrogens with one attached hydrogen (secondary N) is 1. The Hall–Kier alpha value is -2.86. The van der Waals surface area contributed by atoms with E-state index < -0.39 is 0 Å². The molecule has 0 saturated carbocycles. The third kappa shape index (κ3) is 8.55. The molecule has 7 rings (SSSR count). The Labute approximate surface area is 311 Å². The Bertz CT molecular complexity index is 1860. The van der Waals surface area contributed by atoms with E-state index >= 15 is 0 Å². The van der Waals surface area contributed by atoms with E-state index in [1.54, 1.807) is 0 Å². The highest BCUT2D eigenvalue weighted by Gasteiger charge is 2.29. The van der Waals surface area contributed by atoms with Gasteiger partial charge in [-0.3, -0.25) is 0 Å². The standard InChI is InChI=1S/C25H25Cl2NO.C16H15Cl2N.CH4/c1-16(18-8-6-17(15-29)7-9-18)28-25-13-11-20(21-4-2-3-5-22(21)25)19-10-12-23(26)24(27)14-19;17-14-7-5-10(9-15(14)18)11-6-8-16(19)13-4-2-1-3-12(11)13;/h2-10,12,14,16,20,25,28-29H,11,13,15H2,1H3;1-5,7,9,11,16H,6,8,19H2;1H4/t16-,20+,25-;11-,16+;/m10./s1. The van der Waals surface area contributed by atoms with Gasteiger partial charge in [0, 0.05) is 30.0 Å². The Kier molecular flexibility index (Phi) is 12.9. The Morgan fingerprint density at radius 3 is 1.65 bits per heavy atom. The van der Waals surface area contributed by atoms with Gasteiger partial charge in [-0.2, -0.15) is 0 Å². The molecule has 4 N–H and O–H groups in total. The number of benzene rings is 5. The molecule has 3 nitrogen and oxygen atoms in total. The van der Waals surface area contributed by atoms with Gasteiger partial charge in [-0.15, -0.1) is 0 Å². The quantitative estimate of drug-likeness (QED) is 0.163. The molecule has 0 fully saturated rings. The normalized spacial score (nSPS) is 20.1. The average Bonchev–Trinajstić information content (AvgIpc) is 3.11. The number of aliphatic hydroxyl groups excluding tert-OH is 1. The molecule has 2 aliphatic rings. The number of halogens is 4. The van der Waals surface area contributed by atoms with Crippen molar-refractivity contribution in [1.82, 2.24) is 5.32 Å². The fraction of sp³-hybridized carbons (Fsp3) is 0.286. The second kappa shape index (κ2) is 16.9. The highest BCUT2D eigenvalue weighted by molar-refractivity contribution is 6.42. The first-order chi connectivity index (χ1) is 23.2. The zero-order chi connectivity index (χ0) is 33.8. The molecule has 5 atom stereocenters. The topological polar surface area (TPSA) is 58.3 Å². The van der Waals surface area contributed by atoms with Gasteiger partial charge in [0.1, 0.15) is 0 Å². The molecule has 0 bridgehead atoms. The van der Waals surface area contributed by atoms with Crippen LogP contribution in [-0.4, -0.2) is 5.11 Å². The Morgan fingerprint density at radius 1 is 0.633 bits per heavy atom. The molecule has 5 aromatic rings. The molecule has 0 unspecified atom stereocenters. The van der Waals surface area contributed by atoms with Gasteiger partial charge in [-0.05, 0) is 101 Å². The maximum Gasteiger partial charge on any atom is 0.0681 e. The van der Waals surface area contributed by atoms with Crippen LogP contribution >= 0.6 is 46.4 Å². The maximum atomic E-state index is 9.26. The largest absolute Gasteiger partial charge is 0.392 e. The minimum atomic E-state index is 0. The number of aliphatic hydroxyl groups is 1. The van der Waals surface area contributed by atoms with Gasteiger partial charge in [-0.1, -0.05) is 139 Å². The monoisotopic (exact) mass is 732 g/mol. The number of nitrogens with two attached hydrogens (primary N) is 1. The van der Waals surface area contributed by atoms with Crippen molar-refractivity contribution >= 4 is 46.4 Å². The van der Waals surface area contributed by atoms with Crippen LogP contribution in [0.15, 0.2) is 109 Å². The molecule has 0 radical (unpaired) electrons. The van der Waals surface area contributed by atoms with Crippen molar-refractivity contribution in [3.8, 4) is 0 Å². The number of hydrogen-bond donors (Lipinski definition) is 3. The fourth-order valence-electron chi connectivity index (χ4n) is 7.25. The molecule has 0 aliphatic heterocycles. The fourth-order valence-corrected chi connectivity index (χ4v) is 7.86. The van der Waals surface area contributed by atoms with Crippen LogP contribution in [0, 0.1) is 0 Å². The van der Waals surface area contributed by atoms with Gasteiger partial charge >= 0.3 is 0 Å². The second-order valence-electron chi connectivity index (χ2n) is 12.8. The lowest BCUT2D eigenvalue weighted by molar-refractivity contribution is 0.282. The molecule has 0 saturated heterocycles. The lowest BCUT2D eigenvalue weighted by Crippen LogP contribution is -2.29. The highest BCUT2D eigenvalue weighted by atomic mass is 35.5. The van der Waals surface area contributed by atoms with Crippen molar-refractivity contribution in [1.29, 1.82) is 0 Å². The van der Waals surface area contributed by atoms with Crippen molar-refractivity contribution in [3.63, 3.8) is 0 Å². The zero-order valence-corrected chi connectivity index (χ0v) is 29.9. The first-order valence-electron chi connectivity index (χ1n) is 16.5. The number of hydrogen-bond acceptors (Lipinski definition) is 3. The summed E-state index contributed by atoms with van der Waals surface area (Å²) >= 11 is 24.5. The predicted octanol–water partition coefficient (Wildman–Crippen LogP) is 12.4. The Morgan fingerprint density at radius 2 is 1.12 bits per heavy atom. The van der Waals surface area contributed by atoms with Crippen LogP contribution < -0.4 is 11.1 Å². The highest BCUT2D eigenvalue weighted by Crippen LogP contribution is 2.44. The molecule has 0 aromatic heterocycles. The van der Waals surface area contributed by atoms with Crippen molar-refractivity contribution in [2.45, 2.75) is 76.6 Å². The van der Waals surface area contributed by atoms with Crippen molar-refractivity contribution in [2.75, 3.05) is 0 Å². The summed E-state index contributed by atoms with van der Waals surface area (Å²) in [7, 11) is 0. The minimum Gasteiger partial charge on any atom is -0.392 e. The summed E-state index contributed by atoms with van der Waals surface area (Å²) in [5.41, 5.74) is 16.1. The zero-order valence-electron chi connectivity index (χ0n) is 26.9. The summed E-state index contributed by atoms with van der Waals surface area (Å²) < 4.78 is 0. The van der Waals surface area contributed by atoms with Gasteiger partial charge in [0.25, 0.3) is 0 Å². The second-order valence-corrected chi connectivity index (χ2v) is 14.4. The molecule has 256 valence electrons. The molecular weight excluding hydrogens is 690 g/mol. The smallest absolute Gasteiger partial charge is 0.0681 e. The summed E-state index contributed by atoms with van der Waals surface area (Å²) in [6.07, 6.45) is 4.17. The molecule has 49 heavy (non-hydrogen) atoms. The molecule has 5 aromatic carbocycles. The van der Waals surface area contributed by atoms with Gasteiger partial charge in [-0.25, -0.2) is 0 Å². The van der Waals surface area contributed by atoms with E-state index in [1.807, 2.05) is 36.4 Å². The van der Waals surface area contributed by atoms with E-state index in [0.717, 1.165) is 31.2 Å². The molecular formula is C42H44Cl4N2O. The summed E-state index contributed by atoms with van der Waals surface area (Å²) in [5.74, 6) is 0.698. The first-order valence-corrected chi connectivity index (χ1v) is 18.0. The third-order valence-corrected chi connectivity index (χ3v) is 11.3. The summed E-state index contributed by atoms with van der Waals surface area (Å²) in [6, 6.07) is 37.9. The van der Waals surface area contributed by atoms with E-state index in [9.17, 15) is 5.11 Å². The maximum absolute atomic E-state index is 9.26. The SMILES string of the molecule is C.C[C@@H](N[C@@H]1CC[C@@H](c2ccc(Cl)c(Cl)c2)c2ccccc21)c1ccc(CO)cc1.N[C@@H]1CC[C@@H](c2ccc(Cl)c(Cl)c2)c2ccccc21. The number of rotatable bonds is 6. The van der Waals surface area contributed by atoms with Crippen LogP contribution in [0.5, 0.6) is 0 Å². The molecule has 2 aliphatic carbocycles. The van der Waals surface area contributed by atoms with Crippen LogP contribution in [0.25, 0.3) is 0 Å². The van der Waals surface area contributed by atoms with E-state index in [2.05, 4.69) is 85.0 Å². The van der Waals surface area contributed by atoms with Gasteiger partial charge < -0.3 is 16.2 Å². The van der Waals surface area contributed by atoms with Crippen LogP contribution in [0.3, 0.4) is 0 Å². The molecule has 0 amide bonds. The summed E-state index contributed by atoms with van der Waals surface area (Å²) in [5, 5.41) is 15.5. The first kappa shape index (κ1) is 37.4. The predicted molar refractivity (Wildman–Crippen MR) is 208 cm³/mol. The van der Waals surface area contributed by atoms with Gasteiger partial charge in [0.05, 0.1) is 26.7 Å². The van der Waals surface area contributed by atoms with Crippen LogP contribution in [0.1, 0.15) is 115 Å². The van der Waals surface area contributed by atoms with Gasteiger partial charge in [0.2, 0.25) is 0 Å². The third-order valence-electron chi connectivity index (χ3n) is 9.83. The summed E-state index contributed by atoms with van der Waals surface area (Å²) in [6.45, 7) is 2.27. The molecule has 0 spiro atoms. The molecule has 7 heteroatoms. The number of fused-ring (bicyclic) bond motifs is 2. The van der Waals surface area contributed by atoms with E-state index in [1.165, 1.54) is 38.9 Å². The average molecular weight is 735 g/mol. The van der Waals surface area contributed by atoms with Crippen molar-refractivity contribution < 1.29 is 5.11 Å². The van der Waals surface area contributed by atoms with Crippen LogP contribution in [-0.2, 0) is 6.61 Å². The van der Waals surface area contributed by atoms with Gasteiger partial charge in [0.15, 0.2) is 0 Å². The van der Waals surface area contributed by atoms with E-state index in [-0.39, 0.29) is 26.1 Å². The summed E-state index contributed by atoms with van der Waals surface area (Å²) in [4.78, 5) is 0. The van der Waals surface area contributed by atoms with Crippen molar-refractivity contribution in [2.24, 2.45) is 5.73 Å². The Balaban J connectivity index is 0.000000203.